The van der Waals surface area contributed by atoms with Gasteiger partial charge >= 0.3 is 0 Å². The van der Waals surface area contributed by atoms with Crippen LogP contribution >= 0.6 is 0 Å². The van der Waals surface area contributed by atoms with Gasteiger partial charge in [-0.25, -0.2) is 0 Å². The fourth-order valence-corrected chi connectivity index (χ4v) is 4.19. The Morgan fingerprint density at radius 1 is 0.917 bits per heavy atom. The fraction of sp³-hybridized carbons (Fsp3) is 0.241. The molecule has 0 radical (unpaired) electrons. The van der Waals surface area contributed by atoms with Gasteiger partial charge in [-0.05, 0) is 47.5 Å². The number of quaternary nitrogens is 1. The molecule has 0 aliphatic carbocycles. The third-order valence-corrected chi connectivity index (χ3v) is 6.20. The molecule has 2 N–H and O–H groups in total. The van der Waals surface area contributed by atoms with E-state index < -0.39 is 17.7 Å². The number of nitrogens with zero attached hydrogens (tertiary/aromatic N) is 1. The minimum Gasteiger partial charge on any atom is -0.507 e. The largest absolute Gasteiger partial charge is 0.507 e. The Bertz CT molecular complexity index is 1230. The number of Topliss-reactive ketones (excluding diaryl/α,β-unsaturated/α-hetero) is 1. The Kier molecular flexibility index (Phi) is 7.71. The molecule has 4 rings (SSSR count). The summed E-state index contributed by atoms with van der Waals surface area (Å²) in [5.41, 5.74) is 2.31. The molecular formula is C29H31N2O5+. The van der Waals surface area contributed by atoms with E-state index in [2.05, 4.69) is 0 Å². The molecule has 1 saturated heterocycles. The predicted octanol–water partition coefficient (Wildman–Crippen LogP) is 2.84. The van der Waals surface area contributed by atoms with Crippen LogP contribution in [-0.4, -0.2) is 56.0 Å². The van der Waals surface area contributed by atoms with E-state index in [1.807, 2.05) is 68.7 Å². The first kappa shape index (κ1) is 25.0. The number of methoxy groups -OCH3 is 1. The van der Waals surface area contributed by atoms with Gasteiger partial charge in [0.25, 0.3) is 11.7 Å². The zero-order chi connectivity index (χ0) is 25.7. The smallest absolute Gasteiger partial charge is 0.295 e. The lowest BCUT2D eigenvalue weighted by atomic mass is 9.95. The zero-order valence-electron chi connectivity index (χ0n) is 20.7. The molecule has 7 nitrogen and oxygen atoms in total. The number of nitrogens with one attached hydrogen (secondary N) is 1. The van der Waals surface area contributed by atoms with Crippen molar-refractivity contribution in [3.05, 3.63) is 101 Å². The van der Waals surface area contributed by atoms with Crippen LogP contribution in [0.15, 0.2) is 84.4 Å². The SMILES string of the molecule is COc1ccc(C(O)=C2C(=O)C(=O)N(CC[NH+](C)C)[C@H]2c2ccc(OCc3ccccc3)cc2)cc1. The van der Waals surface area contributed by atoms with Gasteiger partial charge in [0.1, 0.15) is 23.9 Å². The first-order valence-electron chi connectivity index (χ1n) is 11.9. The van der Waals surface area contributed by atoms with Crippen LogP contribution in [0.5, 0.6) is 11.5 Å². The maximum absolute atomic E-state index is 13.1. The number of ketones is 1. The average Bonchev–Trinajstić information content (AvgIpc) is 3.16. The van der Waals surface area contributed by atoms with Crippen LogP contribution < -0.4 is 14.4 Å². The van der Waals surface area contributed by atoms with Gasteiger partial charge in [-0.3, -0.25) is 9.59 Å². The summed E-state index contributed by atoms with van der Waals surface area (Å²) in [7, 11) is 5.53. The third kappa shape index (κ3) is 5.42. The number of rotatable bonds is 9. The summed E-state index contributed by atoms with van der Waals surface area (Å²) in [6, 6.07) is 23.2. The van der Waals surface area contributed by atoms with Crippen molar-refractivity contribution in [1.82, 2.24) is 4.90 Å². The third-order valence-electron chi connectivity index (χ3n) is 6.20. The molecule has 0 spiro atoms. The number of amides is 1. The first-order valence-corrected chi connectivity index (χ1v) is 11.9. The summed E-state index contributed by atoms with van der Waals surface area (Å²) >= 11 is 0. The van der Waals surface area contributed by atoms with Gasteiger partial charge in [-0.15, -0.1) is 0 Å². The summed E-state index contributed by atoms with van der Waals surface area (Å²) in [5, 5.41) is 11.2. The first-order chi connectivity index (χ1) is 17.4. The number of aliphatic hydroxyl groups excluding tert-OH is 1. The quantitative estimate of drug-likeness (QED) is 0.276. The number of carbonyl (C=O) groups is 2. The average molecular weight is 488 g/mol. The lowest BCUT2D eigenvalue weighted by molar-refractivity contribution is -0.857. The molecule has 0 saturated carbocycles. The molecule has 7 heteroatoms. The molecule has 0 bridgehead atoms. The van der Waals surface area contributed by atoms with Gasteiger partial charge in [0.05, 0.1) is 45.9 Å². The molecule has 3 aromatic carbocycles. The number of likely N-dealkylation sites (tertiary alicyclic amines) is 1. The van der Waals surface area contributed by atoms with Crippen molar-refractivity contribution in [1.29, 1.82) is 0 Å². The van der Waals surface area contributed by atoms with Gasteiger partial charge < -0.3 is 24.4 Å². The molecule has 36 heavy (non-hydrogen) atoms. The summed E-state index contributed by atoms with van der Waals surface area (Å²) < 4.78 is 11.1. The van der Waals surface area contributed by atoms with E-state index in [1.54, 1.807) is 36.3 Å². The van der Waals surface area contributed by atoms with Crippen molar-refractivity contribution in [2.45, 2.75) is 12.6 Å². The highest BCUT2D eigenvalue weighted by atomic mass is 16.5. The summed E-state index contributed by atoms with van der Waals surface area (Å²) in [4.78, 5) is 28.9. The van der Waals surface area contributed by atoms with Crippen LogP contribution in [0.25, 0.3) is 5.76 Å². The van der Waals surface area contributed by atoms with E-state index in [0.717, 1.165) is 16.0 Å². The van der Waals surface area contributed by atoms with E-state index in [0.29, 0.717) is 36.8 Å². The van der Waals surface area contributed by atoms with Crippen molar-refractivity contribution < 1.29 is 29.1 Å². The molecule has 0 unspecified atom stereocenters. The molecule has 1 amide bonds. The number of ether oxygens (including phenoxy) is 2. The summed E-state index contributed by atoms with van der Waals surface area (Å²) in [6.07, 6.45) is 0. The maximum Gasteiger partial charge on any atom is 0.295 e. The van der Waals surface area contributed by atoms with E-state index in [9.17, 15) is 14.7 Å². The number of likely N-dealkylation sites (N-methyl/N-ethyl adjacent to an activating group) is 1. The molecular weight excluding hydrogens is 456 g/mol. The van der Waals surface area contributed by atoms with Gasteiger partial charge in [0, 0.05) is 5.56 Å². The van der Waals surface area contributed by atoms with E-state index >= 15 is 0 Å². The standard InChI is InChI=1S/C29H30N2O5/c1-30(2)17-18-31-26(21-9-15-24(16-10-21)36-19-20-7-5-4-6-8-20)25(28(33)29(31)34)27(32)22-11-13-23(35-3)14-12-22/h4-16,26,32H,17-19H2,1-3H3/p+1/t26-/m0/s1. The molecule has 1 aliphatic rings. The molecule has 0 aromatic heterocycles. The van der Waals surface area contributed by atoms with Crippen LogP contribution in [0.2, 0.25) is 0 Å². The fourth-order valence-electron chi connectivity index (χ4n) is 4.19. The van der Waals surface area contributed by atoms with E-state index in [-0.39, 0.29) is 11.3 Å². The van der Waals surface area contributed by atoms with Crippen molar-refractivity contribution in [2.24, 2.45) is 0 Å². The number of hydrogen-bond acceptors (Lipinski definition) is 5. The molecule has 3 aromatic rings. The molecule has 1 aliphatic heterocycles. The van der Waals surface area contributed by atoms with Crippen molar-refractivity contribution in [3.8, 4) is 11.5 Å². The minimum atomic E-state index is -0.699. The highest BCUT2D eigenvalue weighted by Gasteiger charge is 2.46. The van der Waals surface area contributed by atoms with Gasteiger partial charge in [0.15, 0.2) is 0 Å². The second-order valence-corrected chi connectivity index (χ2v) is 9.02. The summed E-state index contributed by atoms with van der Waals surface area (Å²) in [6.45, 7) is 1.47. The number of aliphatic hydroxyl groups is 1. The Labute approximate surface area is 211 Å². The zero-order valence-corrected chi connectivity index (χ0v) is 20.7. The predicted molar refractivity (Wildman–Crippen MR) is 137 cm³/mol. The van der Waals surface area contributed by atoms with Crippen LogP contribution in [0.4, 0.5) is 0 Å². The molecule has 1 atom stereocenters. The number of carbonyl (C=O) groups excluding carboxylic acids is 2. The van der Waals surface area contributed by atoms with Crippen LogP contribution in [0.1, 0.15) is 22.7 Å². The Morgan fingerprint density at radius 3 is 2.17 bits per heavy atom. The molecule has 1 heterocycles. The van der Waals surface area contributed by atoms with Crippen LogP contribution in [0.3, 0.4) is 0 Å². The van der Waals surface area contributed by atoms with Crippen molar-refractivity contribution in [2.75, 3.05) is 34.3 Å². The Morgan fingerprint density at radius 2 is 1.56 bits per heavy atom. The second kappa shape index (κ2) is 11.1. The van der Waals surface area contributed by atoms with Crippen LogP contribution in [0, 0.1) is 0 Å². The lowest BCUT2D eigenvalue weighted by Gasteiger charge is -2.25. The van der Waals surface area contributed by atoms with Gasteiger partial charge in [0.2, 0.25) is 0 Å². The number of benzene rings is 3. The van der Waals surface area contributed by atoms with E-state index in [4.69, 9.17) is 9.47 Å². The van der Waals surface area contributed by atoms with Gasteiger partial charge in [-0.2, -0.15) is 0 Å². The van der Waals surface area contributed by atoms with Crippen LogP contribution in [-0.2, 0) is 16.2 Å². The molecule has 186 valence electrons. The van der Waals surface area contributed by atoms with Gasteiger partial charge in [-0.1, -0.05) is 42.5 Å². The number of hydrogen-bond donors (Lipinski definition) is 2. The lowest BCUT2D eigenvalue weighted by Crippen LogP contribution is -3.06. The summed E-state index contributed by atoms with van der Waals surface area (Å²) in [5.74, 6) is -0.201. The second-order valence-electron chi connectivity index (χ2n) is 9.02. The minimum absolute atomic E-state index is 0.0804. The highest BCUT2D eigenvalue weighted by Crippen LogP contribution is 2.39. The van der Waals surface area contributed by atoms with Crippen molar-refractivity contribution in [3.63, 3.8) is 0 Å². The Hall–Kier alpha value is -4.10. The maximum atomic E-state index is 13.1. The van der Waals surface area contributed by atoms with E-state index in [1.165, 1.54) is 0 Å². The monoisotopic (exact) mass is 487 g/mol. The normalized spacial score (nSPS) is 17.0. The Balaban J connectivity index is 1.67. The highest BCUT2D eigenvalue weighted by molar-refractivity contribution is 6.46. The van der Waals surface area contributed by atoms with Crippen molar-refractivity contribution >= 4 is 17.4 Å². The molecule has 1 fully saturated rings. The topological polar surface area (TPSA) is 80.5 Å².